The fraction of sp³-hybridized carbons (Fsp3) is 0.368. The van der Waals surface area contributed by atoms with Crippen LogP contribution in [0.5, 0.6) is 0 Å². The van der Waals surface area contributed by atoms with Crippen molar-refractivity contribution in [2.45, 2.75) is 32.1 Å². The van der Waals surface area contributed by atoms with Gasteiger partial charge in [0.05, 0.1) is 0 Å². The predicted octanol–water partition coefficient (Wildman–Crippen LogP) is 3.75. The Morgan fingerprint density at radius 2 is 1.45 bits per heavy atom. The maximum absolute atomic E-state index is 6.13. The zero-order valence-electron chi connectivity index (χ0n) is 12.0. The summed E-state index contributed by atoms with van der Waals surface area (Å²) < 4.78 is 0. The van der Waals surface area contributed by atoms with Gasteiger partial charge in [0.2, 0.25) is 0 Å². The minimum atomic E-state index is 0.304. The normalized spacial score (nSPS) is 16.1. The van der Waals surface area contributed by atoms with Gasteiger partial charge in [0.25, 0.3) is 0 Å². The summed E-state index contributed by atoms with van der Waals surface area (Å²) in [6, 6.07) is 19.6. The first kappa shape index (κ1) is 13.4. The highest BCUT2D eigenvalue weighted by molar-refractivity contribution is 5.34. The fourth-order valence-electron chi connectivity index (χ4n) is 3.51. The van der Waals surface area contributed by atoms with Crippen LogP contribution in [0, 0.1) is 5.41 Å². The van der Waals surface area contributed by atoms with E-state index in [4.69, 9.17) is 5.73 Å². The average molecular weight is 265 g/mol. The summed E-state index contributed by atoms with van der Waals surface area (Å²) in [7, 11) is 0. The lowest BCUT2D eigenvalue weighted by molar-refractivity contribution is 0.283. The molecule has 0 radical (unpaired) electrons. The second-order valence-electron chi connectivity index (χ2n) is 6.17. The lowest BCUT2D eigenvalue weighted by atomic mass is 9.79. The predicted molar refractivity (Wildman–Crippen MR) is 84.7 cm³/mol. The Bertz CT molecular complexity index is 534. The quantitative estimate of drug-likeness (QED) is 0.875. The van der Waals surface area contributed by atoms with Crippen molar-refractivity contribution in [3.8, 4) is 0 Å². The zero-order valence-corrected chi connectivity index (χ0v) is 12.0. The van der Waals surface area contributed by atoms with E-state index in [2.05, 4.69) is 54.6 Å². The summed E-state index contributed by atoms with van der Waals surface area (Å²) in [5, 5.41) is 0. The molecular formula is C19H23N. The van der Waals surface area contributed by atoms with Crippen LogP contribution in [0.2, 0.25) is 0 Å². The molecule has 0 fully saturated rings. The monoisotopic (exact) mass is 265 g/mol. The fourth-order valence-corrected chi connectivity index (χ4v) is 3.51. The molecule has 3 rings (SSSR count). The molecule has 0 bridgehead atoms. The molecule has 0 saturated heterocycles. The second-order valence-corrected chi connectivity index (χ2v) is 6.17. The summed E-state index contributed by atoms with van der Waals surface area (Å²) in [4.78, 5) is 0. The molecule has 0 saturated carbocycles. The number of hydrogen-bond donors (Lipinski definition) is 1. The van der Waals surface area contributed by atoms with Crippen molar-refractivity contribution < 1.29 is 0 Å². The van der Waals surface area contributed by atoms with Gasteiger partial charge in [-0.25, -0.2) is 0 Å². The van der Waals surface area contributed by atoms with Gasteiger partial charge in [-0.3, -0.25) is 0 Å². The first-order chi connectivity index (χ1) is 9.81. The summed E-state index contributed by atoms with van der Waals surface area (Å²) in [5.74, 6) is 0. The van der Waals surface area contributed by atoms with E-state index in [1.54, 1.807) is 0 Å². The molecule has 1 aliphatic rings. The molecule has 1 aliphatic carbocycles. The lowest BCUT2D eigenvalue weighted by Crippen LogP contribution is -2.31. The van der Waals surface area contributed by atoms with Crippen LogP contribution in [0.4, 0.5) is 0 Å². The number of hydrogen-bond acceptors (Lipinski definition) is 1. The Morgan fingerprint density at radius 3 is 2.05 bits per heavy atom. The lowest BCUT2D eigenvalue weighted by Gasteiger charge is -2.27. The van der Waals surface area contributed by atoms with Gasteiger partial charge in [0, 0.05) is 0 Å². The second kappa shape index (κ2) is 5.80. The number of aryl methyl sites for hydroxylation is 1. The van der Waals surface area contributed by atoms with Crippen LogP contribution in [0.1, 0.15) is 29.5 Å². The molecule has 1 heteroatoms. The first-order valence-electron chi connectivity index (χ1n) is 7.62. The standard InChI is InChI=1S/C19H23N/c20-15-19(12-6-9-16-7-2-1-3-8-16)13-17-10-4-5-11-18(17)14-19/h1-5,7-8,10-11H,6,9,12-15,20H2. The van der Waals surface area contributed by atoms with E-state index >= 15 is 0 Å². The van der Waals surface area contributed by atoms with Crippen LogP contribution in [0.25, 0.3) is 0 Å². The first-order valence-corrected chi connectivity index (χ1v) is 7.62. The minimum absolute atomic E-state index is 0.304. The van der Waals surface area contributed by atoms with Crippen molar-refractivity contribution in [3.05, 3.63) is 71.3 Å². The maximum Gasteiger partial charge on any atom is -0.00141 e. The van der Waals surface area contributed by atoms with Crippen LogP contribution in [0.3, 0.4) is 0 Å². The van der Waals surface area contributed by atoms with Crippen molar-refractivity contribution in [1.29, 1.82) is 0 Å². The molecule has 0 amide bonds. The highest BCUT2D eigenvalue weighted by Crippen LogP contribution is 2.39. The van der Waals surface area contributed by atoms with Crippen molar-refractivity contribution in [2.75, 3.05) is 6.54 Å². The Morgan fingerprint density at radius 1 is 0.850 bits per heavy atom. The Labute approximate surface area is 121 Å². The van der Waals surface area contributed by atoms with E-state index < -0.39 is 0 Å². The smallest absolute Gasteiger partial charge is 0.00141 e. The van der Waals surface area contributed by atoms with Gasteiger partial charge in [0.1, 0.15) is 0 Å². The minimum Gasteiger partial charge on any atom is -0.330 e. The van der Waals surface area contributed by atoms with Crippen LogP contribution in [0.15, 0.2) is 54.6 Å². The zero-order chi connectivity index (χ0) is 13.8. The largest absolute Gasteiger partial charge is 0.330 e. The van der Waals surface area contributed by atoms with Crippen LogP contribution >= 0.6 is 0 Å². The van der Waals surface area contributed by atoms with Gasteiger partial charge < -0.3 is 5.73 Å². The summed E-state index contributed by atoms with van der Waals surface area (Å²) >= 11 is 0. The molecule has 0 aliphatic heterocycles. The molecule has 0 heterocycles. The van der Waals surface area contributed by atoms with Crippen molar-refractivity contribution in [3.63, 3.8) is 0 Å². The molecule has 104 valence electrons. The highest BCUT2D eigenvalue weighted by atomic mass is 14.6. The molecule has 0 aromatic heterocycles. The Hall–Kier alpha value is -1.60. The summed E-state index contributed by atoms with van der Waals surface area (Å²) in [5.41, 5.74) is 10.9. The molecule has 1 nitrogen and oxygen atoms in total. The van der Waals surface area contributed by atoms with Gasteiger partial charge in [0.15, 0.2) is 0 Å². The molecule has 0 spiro atoms. The molecular weight excluding hydrogens is 242 g/mol. The van der Waals surface area contributed by atoms with Gasteiger partial charge in [-0.2, -0.15) is 0 Å². The third-order valence-corrected chi connectivity index (χ3v) is 4.70. The van der Waals surface area contributed by atoms with E-state index in [0.29, 0.717) is 5.41 Å². The van der Waals surface area contributed by atoms with Gasteiger partial charge >= 0.3 is 0 Å². The van der Waals surface area contributed by atoms with Crippen LogP contribution in [-0.4, -0.2) is 6.54 Å². The third kappa shape index (κ3) is 2.78. The van der Waals surface area contributed by atoms with E-state index in [9.17, 15) is 0 Å². The van der Waals surface area contributed by atoms with E-state index in [1.807, 2.05) is 0 Å². The third-order valence-electron chi connectivity index (χ3n) is 4.70. The molecule has 2 aromatic carbocycles. The van der Waals surface area contributed by atoms with Crippen LogP contribution < -0.4 is 5.73 Å². The number of benzene rings is 2. The molecule has 20 heavy (non-hydrogen) atoms. The van der Waals surface area contributed by atoms with Crippen molar-refractivity contribution in [1.82, 2.24) is 0 Å². The SMILES string of the molecule is NCC1(CCCc2ccccc2)Cc2ccccc2C1. The van der Waals surface area contributed by atoms with Gasteiger partial charge in [-0.05, 0) is 60.8 Å². The molecule has 0 unspecified atom stereocenters. The summed E-state index contributed by atoms with van der Waals surface area (Å²) in [6.07, 6.45) is 5.95. The number of rotatable bonds is 5. The van der Waals surface area contributed by atoms with Crippen molar-refractivity contribution >= 4 is 0 Å². The number of nitrogens with two attached hydrogens (primary N) is 1. The summed E-state index contributed by atoms with van der Waals surface area (Å²) in [6.45, 7) is 0.802. The van der Waals surface area contributed by atoms with Crippen molar-refractivity contribution in [2.24, 2.45) is 11.1 Å². The average Bonchev–Trinajstić information content (AvgIpc) is 2.87. The van der Waals surface area contributed by atoms with E-state index in [1.165, 1.54) is 36.0 Å². The van der Waals surface area contributed by atoms with E-state index in [-0.39, 0.29) is 0 Å². The highest BCUT2D eigenvalue weighted by Gasteiger charge is 2.35. The topological polar surface area (TPSA) is 26.0 Å². The Balaban J connectivity index is 1.61. The maximum atomic E-state index is 6.13. The van der Waals surface area contributed by atoms with E-state index in [0.717, 1.165) is 19.4 Å². The van der Waals surface area contributed by atoms with Gasteiger partial charge in [-0.1, -0.05) is 54.6 Å². The number of fused-ring (bicyclic) bond motifs is 1. The molecule has 2 aromatic rings. The molecule has 2 N–H and O–H groups in total. The van der Waals surface area contributed by atoms with Gasteiger partial charge in [-0.15, -0.1) is 0 Å². The van der Waals surface area contributed by atoms with Crippen LogP contribution in [-0.2, 0) is 19.3 Å². The molecule has 0 atom stereocenters. The Kier molecular flexibility index (Phi) is 3.88.